The van der Waals surface area contributed by atoms with Gasteiger partial charge >= 0.3 is 103 Å². The van der Waals surface area contributed by atoms with Crippen molar-refractivity contribution in [1.82, 2.24) is 0 Å². The molecule has 0 radical (unpaired) electrons. The van der Waals surface area contributed by atoms with Crippen LogP contribution in [0.25, 0.3) is 0 Å². The van der Waals surface area contributed by atoms with Crippen molar-refractivity contribution in [3.63, 3.8) is 0 Å². The molecule has 2 atom stereocenters. The minimum Gasteiger partial charge on any atom is -0.771 e. The Morgan fingerprint density at radius 3 is 1.26 bits per heavy atom. The average molecular weight is 481 g/mol. The van der Waals surface area contributed by atoms with Crippen LogP contribution in [0, 0.1) is 0 Å². The quantitative estimate of drug-likeness (QED) is 0.283. The van der Waals surface area contributed by atoms with E-state index in [4.69, 9.17) is 0 Å². The first kappa shape index (κ1) is 28.5. The van der Waals surface area contributed by atoms with Crippen molar-refractivity contribution in [3.8, 4) is 0 Å². The van der Waals surface area contributed by atoms with E-state index in [2.05, 4.69) is 10.6 Å². The molecule has 0 saturated carbocycles. The Labute approximate surface area is 248 Å². The third-order valence-electron chi connectivity index (χ3n) is 3.12. The number of hydrogen-bond acceptors (Lipinski definition) is 8. The van der Waals surface area contributed by atoms with Crippen molar-refractivity contribution in [1.29, 1.82) is 0 Å². The second-order valence-corrected chi connectivity index (χ2v) is 8.54. The Hall–Kier alpha value is 1.48. The summed E-state index contributed by atoms with van der Waals surface area (Å²) in [6, 6.07) is 11.4. The molecule has 2 N–H and O–H groups in total. The first-order chi connectivity index (χ1) is 11.8. The molecule has 2 aromatic rings. The van der Waals surface area contributed by atoms with E-state index in [1.54, 1.807) is 0 Å². The molecule has 8 nitrogen and oxygen atoms in total. The van der Waals surface area contributed by atoms with Crippen LogP contribution in [-0.2, 0) is 32.0 Å². The molecule has 2 rings (SSSR count). The van der Waals surface area contributed by atoms with Crippen LogP contribution in [0.4, 0.5) is 11.4 Å². The third-order valence-corrected chi connectivity index (χ3v) is 5.66. The zero-order valence-corrected chi connectivity index (χ0v) is 23.4. The molecule has 0 heterocycles. The van der Waals surface area contributed by atoms with Gasteiger partial charge in [-0.05, 0) is 70.7 Å². The van der Waals surface area contributed by atoms with Gasteiger partial charge in [0.05, 0.1) is 21.5 Å². The summed E-state index contributed by atoms with van der Waals surface area (Å²) in [6.07, 6.45) is 0. The average Bonchev–Trinajstić information content (AvgIpc) is 2.59. The van der Waals surface area contributed by atoms with Crippen LogP contribution in [0.2, 0.25) is 0 Å². The minimum absolute atomic E-state index is 0. The van der Waals surface area contributed by atoms with Crippen LogP contribution in [-0.4, -0.2) is 37.7 Å². The third kappa shape index (κ3) is 9.44. The standard InChI is InChI=1S/C14H16N2O6S3.2K/c17-23(18)9-15-11-1-5-13(6-2-11)25(21,22)14-7-3-12(4-8-14)16-10-24(19)20;;/h1-8,15-16H,9-10H2,(H,17,18)(H,19,20);;/q;2*+1/p-2. The number of sulfone groups is 1. The van der Waals surface area contributed by atoms with Gasteiger partial charge in [0, 0.05) is 11.4 Å². The van der Waals surface area contributed by atoms with Crippen molar-refractivity contribution in [2.75, 3.05) is 22.4 Å². The van der Waals surface area contributed by atoms with Crippen LogP contribution in [0.15, 0.2) is 58.3 Å². The molecule has 0 spiro atoms. The minimum atomic E-state index is -3.73. The number of anilines is 2. The van der Waals surface area contributed by atoms with Crippen LogP contribution < -0.4 is 113 Å². The molecular formula is C14H14K2N2O6S3. The van der Waals surface area contributed by atoms with Gasteiger partial charge in [-0.25, -0.2) is 8.42 Å². The molecule has 0 saturated heterocycles. The predicted octanol–water partition coefficient (Wildman–Crippen LogP) is -4.98. The van der Waals surface area contributed by atoms with Crippen molar-refractivity contribution in [2.45, 2.75) is 9.79 Å². The van der Waals surface area contributed by atoms with Crippen LogP contribution in [0.1, 0.15) is 0 Å². The molecule has 0 amide bonds. The second kappa shape index (κ2) is 13.7. The summed E-state index contributed by atoms with van der Waals surface area (Å²) in [5.41, 5.74) is 0.960. The Morgan fingerprint density at radius 2 is 1.00 bits per heavy atom. The van der Waals surface area contributed by atoms with Gasteiger partial charge in [-0.3, -0.25) is 8.42 Å². The molecule has 0 aliphatic carbocycles. The number of hydrogen-bond donors (Lipinski definition) is 2. The molecule has 2 unspecified atom stereocenters. The smallest absolute Gasteiger partial charge is 0.771 e. The van der Waals surface area contributed by atoms with Crippen LogP contribution in [0.3, 0.4) is 0 Å². The Kier molecular flexibility index (Phi) is 14.5. The fraction of sp³-hybridized carbons (Fsp3) is 0.143. The van der Waals surface area contributed by atoms with E-state index in [0.717, 1.165) is 0 Å². The molecule has 0 aliphatic heterocycles. The van der Waals surface area contributed by atoms with E-state index in [0.29, 0.717) is 11.4 Å². The van der Waals surface area contributed by atoms with Gasteiger partial charge in [-0.2, -0.15) is 0 Å². The summed E-state index contributed by atoms with van der Waals surface area (Å²) >= 11 is -4.50. The fourth-order valence-electron chi connectivity index (χ4n) is 1.92. The fourth-order valence-corrected chi connectivity index (χ4v) is 3.75. The van der Waals surface area contributed by atoms with Crippen molar-refractivity contribution >= 4 is 43.4 Å². The number of benzene rings is 2. The summed E-state index contributed by atoms with van der Waals surface area (Å²) in [5.74, 6) is -0.538. The van der Waals surface area contributed by atoms with Crippen molar-refractivity contribution in [3.05, 3.63) is 48.5 Å². The maximum Gasteiger partial charge on any atom is 1.00 e. The molecule has 0 bridgehead atoms. The summed E-state index contributed by atoms with van der Waals surface area (Å²) in [5, 5.41) is 5.25. The van der Waals surface area contributed by atoms with E-state index in [1.807, 2.05) is 0 Å². The molecule has 27 heavy (non-hydrogen) atoms. The van der Waals surface area contributed by atoms with E-state index in [1.165, 1.54) is 48.5 Å². The summed E-state index contributed by atoms with van der Waals surface area (Å²) in [6.45, 7) is 0. The molecule has 2 aromatic carbocycles. The maximum absolute atomic E-state index is 12.6. The Morgan fingerprint density at radius 1 is 0.704 bits per heavy atom. The number of rotatable bonds is 8. The Bertz CT molecular complexity index is 809. The van der Waals surface area contributed by atoms with Gasteiger partial charge in [-0.1, -0.05) is 0 Å². The molecular weight excluding hydrogens is 467 g/mol. The number of nitrogens with one attached hydrogen (secondary N) is 2. The molecule has 0 fully saturated rings. The zero-order valence-electron chi connectivity index (χ0n) is 14.7. The van der Waals surface area contributed by atoms with E-state index < -0.39 is 32.0 Å². The second-order valence-electron chi connectivity index (χ2n) is 4.80. The summed E-state index contributed by atoms with van der Waals surface area (Å²) < 4.78 is 67.1. The van der Waals surface area contributed by atoms with Gasteiger partial charge < -0.3 is 19.7 Å². The topological polar surface area (TPSA) is 138 Å². The van der Waals surface area contributed by atoms with E-state index >= 15 is 0 Å². The van der Waals surface area contributed by atoms with Crippen molar-refractivity contribution < 1.29 is 129 Å². The summed E-state index contributed by atoms with van der Waals surface area (Å²) in [4.78, 5) is 0.116. The van der Waals surface area contributed by atoms with Gasteiger partial charge in [-0.15, -0.1) is 0 Å². The Balaban J connectivity index is 0.00000338. The van der Waals surface area contributed by atoms with Gasteiger partial charge in [0.1, 0.15) is 0 Å². The van der Waals surface area contributed by atoms with Gasteiger partial charge in [0.15, 0.2) is 0 Å². The summed E-state index contributed by atoms with van der Waals surface area (Å²) in [7, 11) is -3.73. The van der Waals surface area contributed by atoms with Crippen LogP contribution >= 0.6 is 0 Å². The molecule has 0 aliphatic rings. The molecule has 13 heteroatoms. The molecule has 0 aromatic heterocycles. The van der Waals surface area contributed by atoms with E-state index in [9.17, 15) is 25.9 Å². The normalized spacial score (nSPS) is 12.8. The first-order valence-corrected chi connectivity index (χ1v) is 10.8. The van der Waals surface area contributed by atoms with Gasteiger partial charge in [0.25, 0.3) is 0 Å². The predicted molar refractivity (Wildman–Crippen MR) is 93.2 cm³/mol. The SMILES string of the molecule is O=S([O-])CNc1ccc(S(=O)(=O)c2ccc(NCS(=O)[O-])cc2)cc1.[K+].[K+]. The van der Waals surface area contributed by atoms with Crippen LogP contribution in [0.5, 0.6) is 0 Å². The first-order valence-electron chi connectivity index (χ1n) is 6.84. The maximum atomic E-state index is 12.6. The van der Waals surface area contributed by atoms with E-state index in [-0.39, 0.29) is 124 Å². The van der Waals surface area contributed by atoms with Crippen molar-refractivity contribution in [2.24, 2.45) is 0 Å². The largest absolute Gasteiger partial charge is 1.00 e. The monoisotopic (exact) mass is 480 g/mol. The zero-order chi connectivity index (χ0) is 18.4. The molecule has 136 valence electrons. The van der Waals surface area contributed by atoms with Gasteiger partial charge in [0.2, 0.25) is 9.84 Å².